The van der Waals surface area contributed by atoms with Crippen molar-refractivity contribution in [1.29, 1.82) is 0 Å². The van der Waals surface area contributed by atoms with Gasteiger partial charge in [-0.25, -0.2) is 4.68 Å². The molecule has 0 spiro atoms. The smallest absolute Gasteiger partial charge is 0.251 e. The van der Waals surface area contributed by atoms with Crippen LogP contribution in [-0.4, -0.2) is 58.4 Å². The van der Waals surface area contributed by atoms with Gasteiger partial charge in [0.15, 0.2) is 0 Å². The van der Waals surface area contributed by atoms with Gasteiger partial charge in [0.2, 0.25) is 0 Å². The van der Waals surface area contributed by atoms with Crippen LogP contribution in [0.15, 0.2) is 42.7 Å². The van der Waals surface area contributed by atoms with Crippen molar-refractivity contribution in [2.24, 2.45) is 0 Å². The molecule has 1 aromatic carbocycles. The molecule has 4 atom stereocenters. The molecule has 2 N–H and O–H groups in total. The van der Waals surface area contributed by atoms with Crippen molar-refractivity contribution in [2.45, 2.75) is 24.4 Å². The van der Waals surface area contributed by atoms with Crippen molar-refractivity contribution in [3.05, 3.63) is 48.3 Å². The van der Waals surface area contributed by atoms with Gasteiger partial charge in [-0.05, 0) is 30.3 Å². The fraction of sp³-hybridized carbons (Fsp3) is 0.375. The number of nitrogens with zero attached hydrogens (tertiary/aromatic N) is 2. The largest absolute Gasteiger partial charge is 0.388 e. The van der Waals surface area contributed by atoms with E-state index in [4.69, 9.17) is 9.47 Å². The minimum Gasteiger partial charge on any atom is -0.388 e. The SMILES string of the molecule is O=C(N[C@@H]1CO[C@H]2[C@@H]1OC[C@H]2O)c1ccc(-n2cccn2)cc1. The number of rotatable bonds is 3. The van der Waals surface area contributed by atoms with Crippen LogP contribution in [0.3, 0.4) is 0 Å². The molecule has 4 rings (SSSR count). The van der Waals surface area contributed by atoms with Gasteiger partial charge in [-0.2, -0.15) is 5.10 Å². The Kier molecular flexibility index (Phi) is 3.60. The molecule has 7 heteroatoms. The Labute approximate surface area is 132 Å². The van der Waals surface area contributed by atoms with E-state index in [0.717, 1.165) is 5.69 Å². The van der Waals surface area contributed by atoms with E-state index in [1.165, 1.54) is 0 Å². The van der Waals surface area contributed by atoms with Crippen LogP contribution in [0.1, 0.15) is 10.4 Å². The standard InChI is InChI=1S/C16H17N3O4/c20-13-9-23-14-12(8-22-15(13)14)18-16(21)10-2-4-11(5-3-10)19-7-1-6-17-19/h1-7,12-15,20H,8-9H2,(H,18,21)/t12-,13-,14-,15-/m1/s1. The summed E-state index contributed by atoms with van der Waals surface area (Å²) in [6.45, 7) is 0.601. The Morgan fingerprint density at radius 3 is 2.74 bits per heavy atom. The molecule has 2 saturated heterocycles. The van der Waals surface area contributed by atoms with E-state index in [1.54, 1.807) is 23.0 Å². The summed E-state index contributed by atoms with van der Waals surface area (Å²) in [5.74, 6) is -0.184. The van der Waals surface area contributed by atoms with E-state index in [1.807, 2.05) is 24.4 Å². The van der Waals surface area contributed by atoms with Crippen molar-refractivity contribution >= 4 is 5.91 Å². The Hall–Kier alpha value is -2.22. The molecule has 1 aromatic heterocycles. The average Bonchev–Trinajstić information content (AvgIpc) is 3.29. The number of nitrogens with one attached hydrogen (secondary N) is 1. The summed E-state index contributed by atoms with van der Waals surface area (Å²) in [7, 11) is 0. The molecule has 3 heterocycles. The van der Waals surface area contributed by atoms with Crippen LogP contribution in [0.25, 0.3) is 5.69 Å². The highest BCUT2D eigenvalue weighted by Gasteiger charge is 2.47. The first-order chi connectivity index (χ1) is 11.2. The van der Waals surface area contributed by atoms with Crippen LogP contribution < -0.4 is 5.32 Å². The molecule has 2 fully saturated rings. The third kappa shape index (κ3) is 2.63. The van der Waals surface area contributed by atoms with Gasteiger partial charge in [-0.15, -0.1) is 0 Å². The summed E-state index contributed by atoms with van der Waals surface area (Å²) >= 11 is 0. The topological polar surface area (TPSA) is 85.6 Å². The molecule has 7 nitrogen and oxygen atoms in total. The fourth-order valence-corrected chi connectivity index (χ4v) is 3.04. The molecule has 23 heavy (non-hydrogen) atoms. The zero-order valence-electron chi connectivity index (χ0n) is 12.3. The third-order valence-electron chi connectivity index (χ3n) is 4.24. The highest BCUT2D eigenvalue weighted by molar-refractivity contribution is 5.94. The second-order valence-corrected chi connectivity index (χ2v) is 5.74. The average molecular weight is 315 g/mol. The second-order valence-electron chi connectivity index (χ2n) is 5.74. The molecule has 1 amide bonds. The van der Waals surface area contributed by atoms with Crippen molar-refractivity contribution in [1.82, 2.24) is 15.1 Å². The van der Waals surface area contributed by atoms with E-state index >= 15 is 0 Å². The van der Waals surface area contributed by atoms with E-state index in [-0.39, 0.29) is 30.8 Å². The van der Waals surface area contributed by atoms with Gasteiger partial charge in [-0.3, -0.25) is 4.79 Å². The van der Waals surface area contributed by atoms with Gasteiger partial charge in [0, 0.05) is 18.0 Å². The van der Waals surface area contributed by atoms with Crippen molar-refractivity contribution in [3.8, 4) is 5.69 Å². The molecule has 0 saturated carbocycles. The Morgan fingerprint density at radius 2 is 2.00 bits per heavy atom. The Morgan fingerprint density at radius 1 is 1.22 bits per heavy atom. The summed E-state index contributed by atoms with van der Waals surface area (Å²) in [6.07, 6.45) is 2.30. The summed E-state index contributed by atoms with van der Waals surface area (Å²) in [5, 5.41) is 16.8. The Bertz CT molecular complexity index is 686. The summed E-state index contributed by atoms with van der Waals surface area (Å²) in [5.41, 5.74) is 1.45. The molecule has 2 aliphatic rings. The lowest BCUT2D eigenvalue weighted by Gasteiger charge is -2.17. The maximum atomic E-state index is 12.4. The number of ether oxygens (including phenoxy) is 2. The normalized spacial score (nSPS) is 29.4. The third-order valence-corrected chi connectivity index (χ3v) is 4.24. The molecular weight excluding hydrogens is 298 g/mol. The first kappa shape index (κ1) is 14.4. The lowest BCUT2D eigenvalue weighted by Crippen LogP contribution is -2.44. The molecular formula is C16H17N3O4. The first-order valence-electron chi connectivity index (χ1n) is 7.54. The first-order valence-corrected chi connectivity index (χ1v) is 7.54. The van der Waals surface area contributed by atoms with Crippen molar-refractivity contribution < 1.29 is 19.4 Å². The molecule has 0 unspecified atom stereocenters. The highest BCUT2D eigenvalue weighted by Crippen LogP contribution is 2.27. The number of aliphatic hydroxyl groups excluding tert-OH is 1. The van der Waals surface area contributed by atoms with Gasteiger partial charge < -0.3 is 19.9 Å². The quantitative estimate of drug-likeness (QED) is 0.841. The van der Waals surface area contributed by atoms with Crippen molar-refractivity contribution in [3.63, 3.8) is 0 Å². The van der Waals surface area contributed by atoms with Gasteiger partial charge >= 0.3 is 0 Å². The van der Waals surface area contributed by atoms with Crippen LogP contribution in [0, 0.1) is 0 Å². The molecule has 0 bridgehead atoms. The molecule has 0 aliphatic carbocycles. The molecule has 0 radical (unpaired) electrons. The fourth-order valence-electron chi connectivity index (χ4n) is 3.04. The number of benzene rings is 1. The lowest BCUT2D eigenvalue weighted by atomic mass is 10.1. The number of aliphatic hydroxyl groups is 1. The van der Waals surface area contributed by atoms with Crippen LogP contribution >= 0.6 is 0 Å². The van der Waals surface area contributed by atoms with E-state index < -0.39 is 6.10 Å². The summed E-state index contributed by atoms with van der Waals surface area (Å²) in [4.78, 5) is 12.4. The summed E-state index contributed by atoms with van der Waals surface area (Å²) < 4.78 is 12.7. The number of hydrogen-bond donors (Lipinski definition) is 2. The Balaban J connectivity index is 1.43. The molecule has 2 aromatic rings. The van der Waals surface area contributed by atoms with Crippen LogP contribution in [0.4, 0.5) is 0 Å². The van der Waals surface area contributed by atoms with E-state index in [2.05, 4.69) is 10.4 Å². The highest BCUT2D eigenvalue weighted by atomic mass is 16.6. The van der Waals surface area contributed by atoms with E-state index in [9.17, 15) is 9.90 Å². The second kappa shape index (κ2) is 5.77. The van der Waals surface area contributed by atoms with Crippen molar-refractivity contribution in [2.75, 3.05) is 13.2 Å². The van der Waals surface area contributed by atoms with E-state index in [0.29, 0.717) is 12.2 Å². The zero-order chi connectivity index (χ0) is 15.8. The predicted octanol–water partition coefficient (Wildman–Crippen LogP) is 0.129. The zero-order valence-corrected chi connectivity index (χ0v) is 12.3. The monoisotopic (exact) mass is 315 g/mol. The minimum atomic E-state index is -0.616. The predicted molar refractivity (Wildman–Crippen MR) is 80.3 cm³/mol. The van der Waals surface area contributed by atoms with Crippen LogP contribution in [0.2, 0.25) is 0 Å². The number of hydrogen-bond acceptors (Lipinski definition) is 5. The lowest BCUT2D eigenvalue weighted by molar-refractivity contribution is 0.0178. The number of amides is 1. The van der Waals surface area contributed by atoms with Crippen LogP contribution in [0.5, 0.6) is 0 Å². The van der Waals surface area contributed by atoms with Gasteiger partial charge in [-0.1, -0.05) is 0 Å². The van der Waals surface area contributed by atoms with Gasteiger partial charge in [0.05, 0.1) is 24.9 Å². The van der Waals surface area contributed by atoms with Gasteiger partial charge in [0.1, 0.15) is 18.3 Å². The number of carbonyl (C=O) groups is 1. The maximum absolute atomic E-state index is 12.4. The number of aromatic nitrogens is 2. The van der Waals surface area contributed by atoms with Gasteiger partial charge in [0.25, 0.3) is 5.91 Å². The number of carbonyl (C=O) groups excluding carboxylic acids is 1. The maximum Gasteiger partial charge on any atom is 0.251 e. The molecule has 2 aliphatic heterocycles. The van der Waals surface area contributed by atoms with Crippen LogP contribution in [-0.2, 0) is 9.47 Å². The molecule has 120 valence electrons. The minimum absolute atomic E-state index is 0.184. The summed E-state index contributed by atoms with van der Waals surface area (Å²) in [6, 6.07) is 8.79. The number of fused-ring (bicyclic) bond motifs is 1.